The van der Waals surface area contributed by atoms with E-state index in [0.29, 0.717) is 10.6 Å². The van der Waals surface area contributed by atoms with Gasteiger partial charge in [0.2, 0.25) is 0 Å². The Morgan fingerprint density at radius 1 is 1.05 bits per heavy atom. The fourth-order valence-corrected chi connectivity index (χ4v) is 2.80. The maximum atomic E-state index is 12.3. The molecule has 1 aliphatic rings. The van der Waals surface area contributed by atoms with Gasteiger partial charge in [-0.1, -0.05) is 29.8 Å². The van der Waals surface area contributed by atoms with Gasteiger partial charge in [-0.3, -0.25) is 4.79 Å². The zero-order valence-electron chi connectivity index (χ0n) is 11.7. The van der Waals surface area contributed by atoms with Crippen LogP contribution in [0.1, 0.15) is 23.2 Å². The summed E-state index contributed by atoms with van der Waals surface area (Å²) >= 11 is 6.08. The number of rotatable bonds is 3. The second-order valence-electron chi connectivity index (χ2n) is 5.18. The van der Waals surface area contributed by atoms with Crippen LogP contribution < -0.4 is 10.2 Å². The summed E-state index contributed by atoms with van der Waals surface area (Å²) in [5.41, 5.74) is 2.46. The Hall–Kier alpha value is -2.00. The zero-order valence-corrected chi connectivity index (χ0v) is 12.4. The van der Waals surface area contributed by atoms with Crippen LogP contribution in [0.2, 0.25) is 5.02 Å². The predicted octanol–water partition coefficient (Wildman–Crippen LogP) is 4.19. The molecule has 1 aliphatic heterocycles. The number of hydrogen-bond donors (Lipinski definition) is 1. The fraction of sp³-hybridized carbons (Fsp3) is 0.235. The number of nitrogens with one attached hydrogen (secondary N) is 1. The molecule has 0 aromatic heterocycles. The van der Waals surface area contributed by atoms with Gasteiger partial charge < -0.3 is 10.2 Å². The average molecular weight is 301 g/mol. The molecule has 2 aromatic rings. The first-order valence-electron chi connectivity index (χ1n) is 7.15. The third kappa shape index (κ3) is 3.19. The van der Waals surface area contributed by atoms with Crippen molar-refractivity contribution in [3.63, 3.8) is 0 Å². The molecule has 1 fully saturated rings. The van der Waals surface area contributed by atoms with Gasteiger partial charge in [0.1, 0.15) is 0 Å². The van der Waals surface area contributed by atoms with Gasteiger partial charge in [0.25, 0.3) is 5.91 Å². The SMILES string of the molecule is O=C(Nc1cc(Cl)ccc1N1CCCC1)c1ccccc1. The summed E-state index contributed by atoms with van der Waals surface area (Å²) in [7, 11) is 0. The van der Waals surface area contributed by atoms with Gasteiger partial charge in [-0.05, 0) is 43.2 Å². The Bertz CT molecular complexity index is 636. The van der Waals surface area contributed by atoms with Crippen molar-refractivity contribution < 1.29 is 4.79 Å². The van der Waals surface area contributed by atoms with Crippen molar-refractivity contribution in [2.24, 2.45) is 0 Å². The summed E-state index contributed by atoms with van der Waals surface area (Å²) in [5, 5.41) is 3.61. The lowest BCUT2D eigenvalue weighted by molar-refractivity contribution is 0.102. The van der Waals surface area contributed by atoms with E-state index in [0.717, 1.165) is 24.5 Å². The number of amides is 1. The van der Waals surface area contributed by atoms with Crippen LogP contribution in [0.25, 0.3) is 0 Å². The molecule has 1 heterocycles. The van der Waals surface area contributed by atoms with Gasteiger partial charge >= 0.3 is 0 Å². The van der Waals surface area contributed by atoms with E-state index in [4.69, 9.17) is 11.6 Å². The molecule has 0 unspecified atom stereocenters. The summed E-state index contributed by atoms with van der Waals surface area (Å²) in [5.74, 6) is -0.113. The van der Waals surface area contributed by atoms with Crippen molar-refractivity contribution in [1.82, 2.24) is 0 Å². The van der Waals surface area contributed by atoms with Gasteiger partial charge in [-0.2, -0.15) is 0 Å². The molecule has 0 radical (unpaired) electrons. The normalized spacial score (nSPS) is 14.2. The lowest BCUT2D eigenvalue weighted by atomic mass is 10.2. The number of anilines is 2. The van der Waals surface area contributed by atoms with Crippen LogP contribution in [0.4, 0.5) is 11.4 Å². The standard InChI is InChI=1S/C17H17ClN2O/c18-14-8-9-16(20-10-4-5-11-20)15(12-14)19-17(21)13-6-2-1-3-7-13/h1-3,6-9,12H,4-5,10-11H2,(H,19,21). The summed E-state index contributed by atoms with van der Waals surface area (Å²) in [6.07, 6.45) is 2.38. The van der Waals surface area contributed by atoms with Crippen LogP contribution >= 0.6 is 11.6 Å². The molecule has 108 valence electrons. The van der Waals surface area contributed by atoms with Crippen molar-refractivity contribution in [3.8, 4) is 0 Å². The second kappa shape index (κ2) is 6.19. The van der Waals surface area contributed by atoms with Crippen molar-refractivity contribution >= 4 is 28.9 Å². The van der Waals surface area contributed by atoms with Crippen LogP contribution in [0.15, 0.2) is 48.5 Å². The monoisotopic (exact) mass is 300 g/mol. The minimum absolute atomic E-state index is 0.113. The summed E-state index contributed by atoms with van der Waals surface area (Å²) < 4.78 is 0. The van der Waals surface area contributed by atoms with Crippen molar-refractivity contribution in [3.05, 3.63) is 59.1 Å². The lowest BCUT2D eigenvalue weighted by Crippen LogP contribution is -2.21. The Balaban J connectivity index is 1.87. The first kappa shape index (κ1) is 14.0. The highest BCUT2D eigenvalue weighted by Crippen LogP contribution is 2.31. The average Bonchev–Trinajstić information content (AvgIpc) is 3.02. The van der Waals surface area contributed by atoms with Crippen LogP contribution in [-0.2, 0) is 0 Å². The maximum Gasteiger partial charge on any atom is 0.255 e. The summed E-state index contributed by atoms with van der Waals surface area (Å²) in [6, 6.07) is 14.9. The third-order valence-corrected chi connectivity index (χ3v) is 3.92. The topological polar surface area (TPSA) is 32.3 Å². The first-order chi connectivity index (χ1) is 10.2. The number of carbonyl (C=O) groups is 1. The highest BCUT2D eigenvalue weighted by atomic mass is 35.5. The van der Waals surface area contributed by atoms with Crippen LogP contribution in [0.3, 0.4) is 0 Å². The van der Waals surface area contributed by atoms with E-state index in [1.54, 1.807) is 12.1 Å². The van der Waals surface area contributed by atoms with E-state index < -0.39 is 0 Å². The Labute approximate surface area is 129 Å². The van der Waals surface area contributed by atoms with Crippen molar-refractivity contribution in [1.29, 1.82) is 0 Å². The number of halogens is 1. The molecule has 1 saturated heterocycles. The third-order valence-electron chi connectivity index (χ3n) is 3.69. The van der Waals surface area contributed by atoms with E-state index in [9.17, 15) is 4.79 Å². The Morgan fingerprint density at radius 3 is 2.48 bits per heavy atom. The van der Waals surface area contributed by atoms with Gasteiger partial charge in [-0.25, -0.2) is 0 Å². The minimum atomic E-state index is -0.113. The molecule has 0 atom stereocenters. The van der Waals surface area contributed by atoms with Gasteiger partial charge in [0.05, 0.1) is 11.4 Å². The molecule has 1 amide bonds. The number of nitrogens with zero attached hydrogens (tertiary/aromatic N) is 1. The van der Waals surface area contributed by atoms with Crippen LogP contribution in [0, 0.1) is 0 Å². The van der Waals surface area contributed by atoms with Crippen molar-refractivity contribution in [2.75, 3.05) is 23.3 Å². The van der Waals surface area contributed by atoms with Crippen LogP contribution in [-0.4, -0.2) is 19.0 Å². The molecule has 0 aliphatic carbocycles. The van der Waals surface area contributed by atoms with Gasteiger partial charge in [-0.15, -0.1) is 0 Å². The van der Waals surface area contributed by atoms with E-state index in [-0.39, 0.29) is 5.91 Å². The molecule has 0 bridgehead atoms. The van der Waals surface area contributed by atoms with Crippen LogP contribution in [0.5, 0.6) is 0 Å². The van der Waals surface area contributed by atoms with Crippen molar-refractivity contribution in [2.45, 2.75) is 12.8 Å². The number of benzene rings is 2. The maximum absolute atomic E-state index is 12.3. The highest BCUT2D eigenvalue weighted by Gasteiger charge is 2.17. The molecule has 21 heavy (non-hydrogen) atoms. The molecule has 2 aromatic carbocycles. The van der Waals surface area contributed by atoms with Gasteiger partial charge in [0.15, 0.2) is 0 Å². The summed E-state index contributed by atoms with van der Waals surface area (Å²) in [6.45, 7) is 2.05. The lowest BCUT2D eigenvalue weighted by Gasteiger charge is -2.21. The number of hydrogen-bond acceptors (Lipinski definition) is 2. The molecule has 3 nitrogen and oxygen atoms in total. The molecule has 0 saturated carbocycles. The quantitative estimate of drug-likeness (QED) is 0.921. The fourth-order valence-electron chi connectivity index (χ4n) is 2.63. The van der Waals surface area contributed by atoms with E-state index in [1.165, 1.54) is 12.8 Å². The van der Waals surface area contributed by atoms with E-state index in [1.807, 2.05) is 36.4 Å². The second-order valence-corrected chi connectivity index (χ2v) is 5.61. The van der Waals surface area contributed by atoms with Gasteiger partial charge in [0, 0.05) is 23.7 Å². The van der Waals surface area contributed by atoms with E-state index >= 15 is 0 Å². The molecule has 1 N–H and O–H groups in total. The van der Waals surface area contributed by atoms with E-state index in [2.05, 4.69) is 10.2 Å². The Kier molecular flexibility index (Phi) is 4.11. The molecule has 4 heteroatoms. The number of carbonyl (C=O) groups excluding carboxylic acids is 1. The smallest absolute Gasteiger partial charge is 0.255 e. The largest absolute Gasteiger partial charge is 0.370 e. The Morgan fingerprint density at radius 2 is 1.76 bits per heavy atom. The zero-order chi connectivity index (χ0) is 14.7. The molecular weight excluding hydrogens is 284 g/mol. The predicted molar refractivity (Wildman–Crippen MR) is 87.3 cm³/mol. The molecule has 3 rings (SSSR count). The highest BCUT2D eigenvalue weighted by molar-refractivity contribution is 6.31. The molecule has 0 spiro atoms. The summed E-state index contributed by atoms with van der Waals surface area (Å²) in [4.78, 5) is 14.6. The first-order valence-corrected chi connectivity index (χ1v) is 7.53. The minimum Gasteiger partial charge on any atom is -0.370 e. The molecular formula is C17H17ClN2O.